The molecule has 0 N–H and O–H groups in total. The molecule has 0 radical (unpaired) electrons. The van der Waals surface area contributed by atoms with Crippen molar-refractivity contribution in [2.24, 2.45) is 17.8 Å². The van der Waals surface area contributed by atoms with Crippen LogP contribution in [0.5, 0.6) is 0 Å². The molecule has 1 aliphatic carbocycles. The monoisotopic (exact) mass is 196 g/mol. The highest BCUT2D eigenvalue weighted by Gasteiger charge is 2.44. The van der Waals surface area contributed by atoms with E-state index in [9.17, 15) is 4.79 Å². The summed E-state index contributed by atoms with van der Waals surface area (Å²) in [6.07, 6.45) is 5.95. The minimum absolute atomic E-state index is 0.0877. The van der Waals surface area contributed by atoms with Crippen LogP contribution in [0, 0.1) is 17.8 Å². The number of hydrogen-bond donors (Lipinski definition) is 0. The Labute approximate surface area is 86.0 Å². The van der Waals surface area contributed by atoms with Crippen molar-refractivity contribution in [3.63, 3.8) is 0 Å². The van der Waals surface area contributed by atoms with Gasteiger partial charge in [-0.2, -0.15) is 0 Å². The van der Waals surface area contributed by atoms with Gasteiger partial charge in [0.25, 0.3) is 0 Å². The molecule has 1 heterocycles. The highest BCUT2D eigenvalue weighted by atomic mass is 16.5. The third-order valence-electron chi connectivity index (χ3n) is 3.84. The number of ether oxygens (including phenoxy) is 1. The van der Waals surface area contributed by atoms with Crippen LogP contribution in [0.4, 0.5) is 0 Å². The first-order valence-electron chi connectivity index (χ1n) is 5.92. The third kappa shape index (κ3) is 1.67. The predicted octanol–water partition coefficient (Wildman–Crippen LogP) is 2.76. The lowest BCUT2D eigenvalue weighted by molar-refractivity contribution is -0.165. The van der Waals surface area contributed by atoms with E-state index in [1.807, 2.05) is 0 Å². The van der Waals surface area contributed by atoms with Gasteiger partial charge >= 0.3 is 5.97 Å². The number of fused-ring (bicyclic) bond motifs is 1. The Kier molecular flexibility index (Phi) is 2.80. The van der Waals surface area contributed by atoms with Crippen LogP contribution in [0.15, 0.2) is 0 Å². The van der Waals surface area contributed by atoms with Crippen molar-refractivity contribution in [2.75, 3.05) is 0 Å². The Morgan fingerprint density at radius 1 is 1.43 bits per heavy atom. The average molecular weight is 196 g/mol. The van der Waals surface area contributed by atoms with Crippen molar-refractivity contribution in [1.82, 2.24) is 0 Å². The van der Waals surface area contributed by atoms with Crippen LogP contribution in [0.1, 0.15) is 46.0 Å². The number of esters is 1. The zero-order valence-corrected chi connectivity index (χ0v) is 9.16. The van der Waals surface area contributed by atoms with Crippen LogP contribution >= 0.6 is 0 Å². The molecule has 2 unspecified atom stereocenters. The Morgan fingerprint density at radius 2 is 2.21 bits per heavy atom. The smallest absolute Gasteiger partial charge is 0.309 e. The molecule has 0 bridgehead atoms. The molecule has 2 nitrogen and oxygen atoms in total. The molecule has 1 saturated heterocycles. The molecule has 2 fully saturated rings. The van der Waals surface area contributed by atoms with E-state index in [2.05, 4.69) is 13.8 Å². The maximum Gasteiger partial charge on any atom is 0.309 e. The first kappa shape index (κ1) is 10.0. The van der Waals surface area contributed by atoms with Gasteiger partial charge < -0.3 is 4.74 Å². The highest BCUT2D eigenvalue weighted by molar-refractivity contribution is 5.74. The van der Waals surface area contributed by atoms with Gasteiger partial charge in [0.05, 0.1) is 5.92 Å². The van der Waals surface area contributed by atoms with E-state index in [1.54, 1.807) is 0 Å². The lowest BCUT2D eigenvalue weighted by Crippen LogP contribution is -2.37. The van der Waals surface area contributed by atoms with Crippen molar-refractivity contribution < 1.29 is 9.53 Å². The Bertz CT molecular complexity index is 224. The second-order valence-electron chi connectivity index (χ2n) is 4.92. The molecule has 2 aliphatic rings. The van der Waals surface area contributed by atoms with Gasteiger partial charge in [0.2, 0.25) is 0 Å². The summed E-state index contributed by atoms with van der Waals surface area (Å²) in [5, 5.41) is 0. The van der Waals surface area contributed by atoms with Gasteiger partial charge in [-0.25, -0.2) is 0 Å². The predicted molar refractivity (Wildman–Crippen MR) is 54.8 cm³/mol. The molecule has 14 heavy (non-hydrogen) atoms. The molecule has 0 spiro atoms. The molecule has 80 valence electrons. The van der Waals surface area contributed by atoms with E-state index in [1.165, 1.54) is 12.8 Å². The normalized spacial score (nSPS) is 42.0. The van der Waals surface area contributed by atoms with Crippen molar-refractivity contribution in [3.8, 4) is 0 Å². The summed E-state index contributed by atoms with van der Waals surface area (Å²) in [4.78, 5) is 11.7. The van der Waals surface area contributed by atoms with Gasteiger partial charge in [-0.15, -0.1) is 0 Å². The number of carbonyl (C=O) groups excluding carboxylic acids is 1. The van der Waals surface area contributed by atoms with Crippen LogP contribution in [0.25, 0.3) is 0 Å². The molecule has 4 atom stereocenters. The molecule has 0 aromatic rings. The molecule has 1 aliphatic heterocycles. The van der Waals surface area contributed by atoms with Crippen LogP contribution in [0.2, 0.25) is 0 Å². The summed E-state index contributed by atoms with van der Waals surface area (Å²) in [5.41, 5.74) is 0. The summed E-state index contributed by atoms with van der Waals surface area (Å²) in [5.74, 6) is 1.49. The third-order valence-corrected chi connectivity index (χ3v) is 3.84. The SMILES string of the molecule is CCCC1C[C@H]2CC[C@H](C)C2C(=O)O1. The molecular weight excluding hydrogens is 176 g/mol. The minimum Gasteiger partial charge on any atom is -0.462 e. The van der Waals surface area contributed by atoms with E-state index >= 15 is 0 Å². The largest absolute Gasteiger partial charge is 0.462 e. The molecule has 0 amide bonds. The van der Waals surface area contributed by atoms with Crippen molar-refractivity contribution >= 4 is 5.97 Å². The van der Waals surface area contributed by atoms with Crippen molar-refractivity contribution in [3.05, 3.63) is 0 Å². The van der Waals surface area contributed by atoms with E-state index in [0.717, 1.165) is 19.3 Å². The first-order chi connectivity index (χ1) is 6.72. The standard InChI is InChI=1S/C12H20O2/c1-3-4-10-7-9-6-5-8(2)11(9)12(13)14-10/h8-11H,3-7H2,1-2H3/t8-,9+,10?,11?/m0/s1. The molecule has 0 aromatic carbocycles. The van der Waals surface area contributed by atoms with Crippen LogP contribution < -0.4 is 0 Å². The fraction of sp³-hybridized carbons (Fsp3) is 0.917. The van der Waals surface area contributed by atoms with E-state index in [4.69, 9.17) is 4.74 Å². The topological polar surface area (TPSA) is 26.3 Å². The van der Waals surface area contributed by atoms with Gasteiger partial charge in [-0.05, 0) is 37.5 Å². The van der Waals surface area contributed by atoms with Gasteiger partial charge in [0, 0.05) is 0 Å². The van der Waals surface area contributed by atoms with Crippen LogP contribution in [0.3, 0.4) is 0 Å². The Morgan fingerprint density at radius 3 is 2.93 bits per heavy atom. The van der Waals surface area contributed by atoms with Gasteiger partial charge in [0.1, 0.15) is 6.10 Å². The molecule has 0 aromatic heterocycles. The van der Waals surface area contributed by atoms with Gasteiger partial charge in [-0.3, -0.25) is 4.79 Å². The van der Waals surface area contributed by atoms with Crippen LogP contribution in [-0.2, 0) is 9.53 Å². The van der Waals surface area contributed by atoms with E-state index < -0.39 is 0 Å². The quantitative estimate of drug-likeness (QED) is 0.635. The maximum atomic E-state index is 11.7. The molecule has 2 rings (SSSR count). The lowest BCUT2D eigenvalue weighted by atomic mass is 9.83. The second-order valence-corrected chi connectivity index (χ2v) is 4.92. The second kappa shape index (κ2) is 3.92. The van der Waals surface area contributed by atoms with Crippen molar-refractivity contribution in [1.29, 1.82) is 0 Å². The number of hydrogen-bond acceptors (Lipinski definition) is 2. The minimum atomic E-state index is 0.0877. The van der Waals surface area contributed by atoms with Gasteiger partial charge in [-0.1, -0.05) is 20.3 Å². The lowest BCUT2D eigenvalue weighted by Gasteiger charge is -2.32. The summed E-state index contributed by atoms with van der Waals surface area (Å²) in [6, 6.07) is 0. The summed E-state index contributed by atoms with van der Waals surface area (Å²) < 4.78 is 5.47. The molecular formula is C12H20O2. The molecule has 1 saturated carbocycles. The fourth-order valence-electron chi connectivity index (χ4n) is 3.12. The van der Waals surface area contributed by atoms with Gasteiger partial charge in [0.15, 0.2) is 0 Å². The highest BCUT2D eigenvalue weighted by Crippen LogP contribution is 2.44. The summed E-state index contributed by atoms with van der Waals surface area (Å²) >= 11 is 0. The zero-order chi connectivity index (χ0) is 10.1. The van der Waals surface area contributed by atoms with Crippen molar-refractivity contribution in [2.45, 2.75) is 52.1 Å². The summed E-state index contributed by atoms with van der Waals surface area (Å²) in [7, 11) is 0. The summed E-state index contributed by atoms with van der Waals surface area (Å²) in [6.45, 7) is 4.34. The van der Waals surface area contributed by atoms with E-state index in [0.29, 0.717) is 11.8 Å². The number of rotatable bonds is 2. The fourth-order valence-corrected chi connectivity index (χ4v) is 3.12. The zero-order valence-electron chi connectivity index (χ0n) is 9.16. The first-order valence-corrected chi connectivity index (χ1v) is 5.92. The number of cyclic esters (lactones) is 1. The Balaban J connectivity index is 2.01. The van der Waals surface area contributed by atoms with Crippen LogP contribution in [-0.4, -0.2) is 12.1 Å². The number of carbonyl (C=O) groups is 1. The average Bonchev–Trinajstić information content (AvgIpc) is 2.48. The Hall–Kier alpha value is -0.530. The maximum absolute atomic E-state index is 11.7. The molecule has 2 heteroatoms. The van der Waals surface area contributed by atoms with E-state index in [-0.39, 0.29) is 18.0 Å².